The molecule has 1 saturated heterocycles. The van der Waals surface area contributed by atoms with Crippen molar-refractivity contribution in [2.45, 2.75) is 25.8 Å². The number of carbonyl (C=O) groups excluding carboxylic acids is 1. The maximum Gasteiger partial charge on any atom is 0.230 e. The second kappa shape index (κ2) is 12.7. The maximum atomic E-state index is 11.5. The van der Waals surface area contributed by atoms with E-state index in [1.807, 2.05) is 18.2 Å². The minimum absolute atomic E-state index is 0.0288. The van der Waals surface area contributed by atoms with Gasteiger partial charge in [-0.15, -0.1) is 0 Å². The van der Waals surface area contributed by atoms with Crippen LogP contribution in [0.2, 0.25) is 0 Å². The molecule has 7 heteroatoms. The first-order valence-electron chi connectivity index (χ1n) is 9.27. The molecule has 1 amide bonds. The highest BCUT2D eigenvalue weighted by Crippen LogP contribution is 2.15. The fourth-order valence-electron chi connectivity index (χ4n) is 2.76. The summed E-state index contributed by atoms with van der Waals surface area (Å²) in [4.78, 5) is 18.3. The smallest absolute Gasteiger partial charge is 0.230 e. The van der Waals surface area contributed by atoms with Crippen molar-refractivity contribution < 1.29 is 9.53 Å². The zero-order valence-corrected chi connectivity index (χ0v) is 16.2. The van der Waals surface area contributed by atoms with E-state index in [1.54, 1.807) is 18.0 Å². The number of likely N-dealkylation sites (tertiary alicyclic amines) is 1. The number of carbonyl (C=O) groups is 1. The van der Waals surface area contributed by atoms with E-state index in [0.717, 1.165) is 12.3 Å². The lowest BCUT2D eigenvalue weighted by Crippen LogP contribution is -2.29. The lowest BCUT2D eigenvalue weighted by Gasteiger charge is -2.26. The van der Waals surface area contributed by atoms with Gasteiger partial charge in [0.05, 0.1) is 5.75 Å². The van der Waals surface area contributed by atoms with Crippen LogP contribution in [0, 0.1) is 0 Å². The van der Waals surface area contributed by atoms with E-state index < -0.39 is 0 Å². The van der Waals surface area contributed by atoms with Crippen molar-refractivity contribution in [1.29, 1.82) is 0 Å². The molecule has 1 aliphatic rings. The topological polar surface area (TPSA) is 80.5 Å². The monoisotopic (exact) mass is 378 g/mol. The van der Waals surface area contributed by atoms with Crippen LogP contribution in [-0.2, 0) is 11.3 Å². The number of nitrogens with zero attached hydrogens (tertiary/aromatic N) is 2. The van der Waals surface area contributed by atoms with Crippen LogP contribution < -0.4 is 15.8 Å². The highest BCUT2D eigenvalue weighted by Gasteiger charge is 2.10. The number of nitrogens with two attached hydrogens (primary N) is 1. The van der Waals surface area contributed by atoms with E-state index in [1.165, 1.54) is 37.9 Å². The van der Waals surface area contributed by atoms with Gasteiger partial charge in [-0.1, -0.05) is 12.5 Å². The van der Waals surface area contributed by atoms with E-state index in [2.05, 4.69) is 21.3 Å². The van der Waals surface area contributed by atoms with Gasteiger partial charge in [0, 0.05) is 37.7 Å². The van der Waals surface area contributed by atoms with Gasteiger partial charge in [0.15, 0.2) is 0 Å². The molecule has 2 rings (SSSR count). The fraction of sp³-hybridized carbons (Fsp3) is 0.579. The van der Waals surface area contributed by atoms with Gasteiger partial charge in [0.2, 0.25) is 11.8 Å². The van der Waals surface area contributed by atoms with Crippen molar-refractivity contribution in [3.8, 4) is 5.88 Å². The largest absolute Gasteiger partial charge is 0.473 e. The third-order valence-corrected chi connectivity index (χ3v) is 5.05. The maximum absolute atomic E-state index is 11.5. The number of hydrogen-bond acceptors (Lipinski definition) is 6. The number of ether oxygens (including phenoxy) is 1. The van der Waals surface area contributed by atoms with Gasteiger partial charge in [0.25, 0.3) is 0 Å². The zero-order valence-electron chi connectivity index (χ0n) is 15.4. The molecule has 1 aliphatic heterocycles. The minimum atomic E-state index is 0.0288. The molecule has 1 fully saturated rings. The standard InChI is InChI=1S/C19H30N4O2S/c20-7-13-26-16-18(24)21-8-2-5-12-25-19-14-17(6-9-22-19)15-23-10-3-1-4-11-23/h2,5-6,9,14H,1,3-4,7-8,10-13,15-16,20H2,(H,21,24)/b5-2-. The van der Waals surface area contributed by atoms with Gasteiger partial charge in [-0.3, -0.25) is 9.69 Å². The van der Waals surface area contributed by atoms with Crippen LogP contribution in [0.25, 0.3) is 0 Å². The summed E-state index contributed by atoms with van der Waals surface area (Å²) in [5.41, 5.74) is 6.63. The molecule has 2 heterocycles. The third-order valence-electron chi connectivity index (χ3n) is 4.06. The van der Waals surface area contributed by atoms with Gasteiger partial charge in [-0.05, 0) is 43.6 Å². The molecule has 0 radical (unpaired) electrons. The Bertz CT molecular complexity index is 562. The van der Waals surface area contributed by atoms with Crippen LogP contribution in [0.1, 0.15) is 24.8 Å². The van der Waals surface area contributed by atoms with Crippen molar-refractivity contribution in [3.63, 3.8) is 0 Å². The van der Waals surface area contributed by atoms with Crippen LogP contribution in [-0.4, -0.2) is 60.1 Å². The Morgan fingerprint density at radius 1 is 1.35 bits per heavy atom. The zero-order chi connectivity index (χ0) is 18.5. The first-order valence-corrected chi connectivity index (χ1v) is 10.4. The molecule has 0 spiro atoms. The summed E-state index contributed by atoms with van der Waals surface area (Å²) in [6.45, 7) is 4.87. The average Bonchev–Trinajstić information content (AvgIpc) is 2.66. The molecular formula is C19H30N4O2S. The molecular weight excluding hydrogens is 348 g/mol. The second-order valence-corrected chi connectivity index (χ2v) is 7.37. The van der Waals surface area contributed by atoms with E-state index >= 15 is 0 Å². The summed E-state index contributed by atoms with van der Waals surface area (Å²) >= 11 is 1.54. The van der Waals surface area contributed by atoms with Gasteiger partial charge >= 0.3 is 0 Å². The summed E-state index contributed by atoms with van der Waals surface area (Å²) in [6.07, 6.45) is 9.52. The highest BCUT2D eigenvalue weighted by atomic mass is 32.2. The van der Waals surface area contributed by atoms with Crippen molar-refractivity contribution in [2.24, 2.45) is 5.73 Å². The lowest BCUT2D eigenvalue weighted by atomic mass is 10.1. The van der Waals surface area contributed by atoms with Crippen molar-refractivity contribution in [3.05, 3.63) is 36.0 Å². The summed E-state index contributed by atoms with van der Waals surface area (Å²) in [5, 5.41) is 2.83. The quantitative estimate of drug-likeness (QED) is 0.452. The molecule has 144 valence electrons. The Kier molecular flexibility index (Phi) is 10.2. The molecule has 0 aliphatic carbocycles. The van der Waals surface area contributed by atoms with Gasteiger partial charge in [-0.2, -0.15) is 11.8 Å². The number of hydrogen-bond donors (Lipinski definition) is 2. The molecule has 3 N–H and O–H groups in total. The second-order valence-electron chi connectivity index (χ2n) is 6.27. The third kappa shape index (κ3) is 8.69. The predicted octanol–water partition coefficient (Wildman–Crippen LogP) is 1.81. The number of pyridine rings is 1. The molecule has 0 atom stereocenters. The molecule has 6 nitrogen and oxygen atoms in total. The summed E-state index contributed by atoms with van der Waals surface area (Å²) in [5.74, 6) is 1.93. The Labute approximate surface area is 160 Å². The molecule has 26 heavy (non-hydrogen) atoms. The lowest BCUT2D eigenvalue weighted by molar-refractivity contribution is -0.118. The molecule has 0 aromatic carbocycles. The first-order chi connectivity index (χ1) is 12.8. The Morgan fingerprint density at radius 2 is 2.19 bits per heavy atom. The van der Waals surface area contributed by atoms with Gasteiger partial charge in [-0.25, -0.2) is 4.98 Å². The van der Waals surface area contributed by atoms with Gasteiger partial charge < -0.3 is 15.8 Å². The molecule has 0 unspecified atom stereocenters. The number of rotatable bonds is 11. The van der Waals surface area contributed by atoms with Crippen molar-refractivity contribution in [2.75, 3.05) is 44.3 Å². The highest BCUT2D eigenvalue weighted by molar-refractivity contribution is 7.99. The number of amides is 1. The van der Waals surface area contributed by atoms with Crippen LogP contribution in [0.4, 0.5) is 0 Å². The predicted molar refractivity (Wildman–Crippen MR) is 107 cm³/mol. The normalized spacial score (nSPS) is 15.3. The van der Waals surface area contributed by atoms with Crippen LogP contribution >= 0.6 is 11.8 Å². The summed E-state index contributed by atoms with van der Waals surface area (Å²) < 4.78 is 5.68. The fourth-order valence-corrected chi connectivity index (χ4v) is 3.36. The molecule has 0 bridgehead atoms. The molecule has 1 aromatic heterocycles. The van der Waals surface area contributed by atoms with Crippen molar-refractivity contribution in [1.82, 2.24) is 15.2 Å². The Hall–Kier alpha value is -1.57. The van der Waals surface area contributed by atoms with E-state index in [0.29, 0.717) is 31.3 Å². The first kappa shape index (κ1) is 20.7. The number of aromatic nitrogens is 1. The summed E-state index contributed by atoms with van der Waals surface area (Å²) in [6, 6.07) is 4.06. The number of piperidine rings is 1. The molecule has 1 aromatic rings. The van der Waals surface area contributed by atoms with E-state index in [-0.39, 0.29) is 5.91 Å². The van der Waals surface area contributed by atoms with Crippen molar-refractivity contribution >= 4 is 17.7 Å². The average molecular weight is 379 g/mol. The number of thioether (sulfide) groups is 1. The Morgan fingerprint density at radius 3 is 3.00 bits per heavy atom. The minimum Gasteiger partial charge on any atom is -0.473 e. The SMILES string of the molecule is NCCSCC(=O)NC/C=C\COc1cc(CN2CCCCC2)ccn1. The van der Waals surface area contributed by atoms with Crippen LogP contribution in [0.15, 0.2) is 30.5 Å². The van der Waals surface area contributed by atoms with E-state index in [4.69, 9.17) is 10.5 Å². The van der Waals surface area contributed by atoms with Gasteiger partial charge in [0.1, 0.15) is 6.61 Å². The van der Waals surface area contributed by atoms with Crippen LogP contribution in [0.3, 0.4) is 0 Å². The number of nitrogens with one attached hydrogen (secondary N) is 1. The summed E-state index contributed by atoms with van der Waals surface area (Å²) in [7, 11) is 0. The Balaban J connectivity index is 1.62. The van der Waals surface area contributed by atoms with Crippen LogP contribution in [0.5, 0.6) is 5.88 Å². The molecule has 0 saturated carbocycles. The van der Waals surface area contributed by atoms with E-state index in [9.17, 15) is 4.79 Å².